The molecule has 220 valence electrons. The Bertz CT molecular complexity index is 1610. The van der Waals surface area contributed by atoms with Crippen molar-refractivity contribution in [3.05, 3.63) is 152 Å². The molecule has 12 nitrogen and oxygen atoms in total. The topological polar surface area (TPSA) is 169 Å². The highest BCUT2D eigenvalue weighted by atomic mass is 16.6. The maximum Gasteiger partial charge on any atom is 0.270 e. The Morgan fingerprint density at radius 3 is 1.34 bits per heavy atom. The summed E-state index contributed by atoms with van der Waals surface area (Å²) in [6.45, 7) is 0. The Kier molecular flexibility index (Phi) is 8.90. The first-order valence-electron chi connectivity index (χ1n) is 13.6. The number of nitro groups is 2. The normalized spacial score (nSPS) is 19.3. The molecular weight excluding hydrogens is 564 g/mol. The van der Waals surface area contributed by atoms with Crippen molar-refractivity contribution >= 4 is 35.6 Å². The molecule has 2 N–H and O–H groups in total. The van der Waals surface area contributed by atoms with E-state index in [9.17, 15) is 29.8 Å². The van der Waals surface area contributed by atoms with Gasteiger partial charge in [0, 0.05) is 47.2 Å². The summed E-state index contributed by atoms with van der Waals surface area (Å²) in [5.74, 6) is -3.25. The molecular formula is C32H26N6O6. The predicted octanol–water partition coefficient (Wildman–Crippen LogP) is 4.92. The van der Waals surface area contributed by atoms with Gasteiger partial charge in [0.05, 0.1) is 34.1 Å². The number of carbonyl (C=O) groups is 2. The number of nitrogens with zero attached hydrogens (tertiary/aromatic N) is 4. The first kappa shape index (κ1) is 29.5. The third-order valence-electron chi connectivity index (χ3n) is 7.46. The van der Waals surface area contributed by atoms with Crippen LogP contribution < -0.4 is 10.9 Å². The zero-order valence-corrected chi connectivity index (χ0v) is 23.1. The zero-order chi connectivity index (χ0) is 31.1. The summed E-state index contributed by atoms with van der Waals surface area (Å²) in [5.41, 5.74) is 7.36. The van der Waals surface area contributed by atoms with E-state index in [0.717, 1.165) is 11.1 Å². The van der Waals surface area contributed by atoms with E-state index < -0.39 is 45.3 Å². The number of hydrogen-bond acceptors (Lipinski definition) is 8. The van der Waals surface area contributed by atoms with Crippen LogP contribution in [-0.2, 0) is 9.59 Å². The van der Waals surface area contributed by atoms with Gasteiger partial charge in [0.1, 0.15) is 0 Å². The summed E-state index contributed by atoms with van der Waals surface area (Å²) in [6.07, 6.45) is 2.65. The number of nitrogens with one attached hydrogen (secondary N) is 2. The van der Waals surface area contributed by atoms with Crippen LogP contribution in [0.5, 0.6) is 0 Å². The maximum absolute atomic E-state index is 13.7. The minimum absolute atomic E-state index is 0.102. The molecule has 0 saturated heterocycles. The van der Waals surface area contributed by atoms with Crippen molar-refractivity contribution in [2.24, 2.45) is 22.0 Å². The molecule has 0 aromatic heterocycles. The third-order valence-corrected chi connectivity index (χ3v) is 7.46. The van der Waals surface area contributed by atoms with Gasteiger partial charge in [-0.25, -0.2) is 10.9 Å². The van der Waals surface area contributed by atoms with E-state index >= 15 is 0 Å². The van der Waals surface area contributed by atoms with E-state index in [-0.39, 0.29) is 11.4 Å². The first-order valence-corrected chi connectivity index (χ1v) is 13.6. The van der Waals surface area contributed by atoms with Crippen LogP contribution in [0.2, 0.25) is 0 Å². The van der Waals surface area contributed by atoms with Crippen molar-refractivity contribution in [2.45, 2.75) is 11.8 Å². The number of hydrazone groups is 2. The molecule has 4 aromatic carbocycles. The van der Waals surface area contributed by atoms with Crippen molar-refractivity contribution in [1.29, 1.82) is 0 Å². The molecule has 4 aromatic rings. The SMILES string of the molecule is O=C(NN=Cc1cccc([N+](=O)[O-])c1)C1C(c2ccccc2)C(C(=O)NN=Cc2cccc([N+](=O)[O-])c2)C1c1ccccc1. The number of rotatable bonds is 10. The minimum Gasteiger partial charge on any atom is -0.273 e. The Morgan fingerprint density at radius 2 is 0.977 bits per heavy atom. The molecule has 1 fully saturated rings. The second-order valence-corrected chi connectivity index (χ2v) is 10.1. The van der Waals surface area contributed by atoms with Crippen molar-refractivity contribution in [3.63, 3.8) is 0 Å². The van der Waals surface area contributed by atoms with Gasteiger partial charge in [-0.3, -0.25) is 29.8 Å². The fourth-order valence-electron chi connectivity index (χ4n) is 5.51. The highest BCUT2D eigenvalue weighted by molar-refractivity contribution is 5.91. The van der Waals surface area contributed by atoms with Crippen LogP contribution in [0.25, 0.3) is 0 Å². The smallest absolute Gasteiger partial charge is 0.270 e. The molecule has 0 radical (unpaired) electrons. The van der Waals surface area contributed by atoms with Gasteiger partial charge in [0.25, 0.3) is 11.4 Å². The number of nitro benzene ring substituents is 2. The van der Waals surface area contributed by atoms with Crippen molar-refractivity contribution in [3.8, 4) is 0 Å². The van der Waals surface area contributed by atoms with Crippen molar-refractivity contribution < 1.29 is 19.4 Å². The first-order chi connectivity index (χ1) is 21.3. The number of amides is 2. The largest absolute Gasteiger partial charge is 0.273 e. The van der Waals surface area contributed by atoms with E-state index in [1.807, 2.05) is 60.7 Å². The molecule has 12 heteroatoms. The lowest BCUT2D eigenvalue weighted by Gasteiger charge is -2.50. The minimum atomic E-state index is -0.682. The van der Waals surface area contributed by atoms with Crippen LogP contribution in [0, 0.1) is 32.1 Å². The number of benzene rings is 4. The van der Waals surface area contributed by atoms with Gasteiger partial charge in [-0.05, 0) is 11.1 Å². The second kappa shape index (κ2) is 13.3. The summed E-state index contributed by atoms with van der Waals surface area (Å²) in [5, 5.41) is 30.3. The highest BCUT2D eigenvalue weighted by Gasteiger charge is 2.58. The lowest BCUT2D eigenvalue weighted by Crippen LogP contribution is -2.55. The molecule has 1 aliphatic rings. The zero-order valence-electron chi connectivity index (χ0n) is 23.1. The van der Waals surface area contributed by atoms with Crippen LogP contribution in [-0.4, -0.2) is 34.1 Å². The van der Waals surface area contributed by atoms with E-state index in [1.165, 1.54) is 48.8 Å². The van der Waals surface area contributed by atoms with Crippen LogP contribution in [0.3, 0.4) is 0 Å². The van der Waals surface area contributed by atoms with Gasteiger partial charge in [-0.1, -0.05) is 84.9 Å². The summed E-state index contributed by atoms with van der Waals surface area (Å²) in [6, 6.07) is 30.1. The van der Waals surface area contributed by atoms with Crippen LogP contribution in [0.4, 0.5) is 11.4 Å². The molecule has 1 aliphatic carbocycles. The molecule has 0 unspecified atom stereocenters. The standard InChI is InChI=1S/C32H26N6O6/c39-31(35-33-19-21-9-7-15-25(17-21)37(41)42)29-27(23-11-3-1-4-12-23)30(28(29)24-13-5-2-6-14-24)32(40)36-34-20-22-10-8-16-26(18-22)38(43)44/h1-20,27-30H,(H,35,39)(H,36,40). The second-order valence-electron chi connectivity index (χ2n) is 10.1. The summed E-state index contributed by atoms with van der Waals surface area (Å²) in [4.78, 5) is 48.5. The van der Waals surface area contributed by atoms with Gasteiger partial charge in [0.2, 0.25) is 11.8 Å². The van der Waals surface area contributed by atoms with E-state index in [4.69, 9.17) is 0 Å². The Labute approximate surface area is 251 Å². The average molecular weight is 591 g/mol. The van der Waals surface area contributed by atoms with Crippen molar-refractivity contribution in [1.82, 2.24) is 10.9 Å². The lowest BCUT2D eigenvalue weighted by atomic mass is 9.52. The van der Waals surface area contributed by atoms with Crippen LogP contribution >= 0.6 is 0 Å². The Balaban J connectivity index is 1.41. The molecule has 2 amide bonds. The quantitative estimate of drug-likeness (QED) is 0.151. The molecule has 0 aliphatic heterocycles. The van der Waals surface area contributed by atoms with Crippen LogP contribution in [0.15, 0.2) is 119 Å². The van der Waals surface area contributed by atoms with Crippen LogP contribution in [0.1, 0.15) is 34.1 Å². The number of hydrogen-bond donors (Lipinski definition) is 2. The van der Waals surface area contributed by atoms with Gasteiger partial charge in [-0.15, -0.1) is 0 Å². The molecule has 0 heterocycles. The fourth-order valence-corrected chi connectivity index (χ4v) is 5.51. The average Bonchev–Trinajstić information content (AvgIpc) is 3.02. The van der Waals surface area contributed by atoms with Gasteiger partial charge in [0.15, 0.2) is 0 Å². The monoisotopic (exact) mass is 590 g/mol. The highest BCUT2D eigenvalue weighted by Crippen LogP contribution is 2.57. The molecule has 0 atom stereocenters. The summed E-state index contributed by atoms with van der Waals surface area (Å²) >= 11 is 0. The number of non-ortho nitro benzene ring substituents is 2. The Hall–Kier alpha value is -6.04. The Morgan fingerprint density at radius 1 is 0.591 bits per heavy atom. The van der Waals surface area contributed by atoms with Gasteiger partial charge in [-0.2, -0.15) is 10.2 Å². The van der Waals surface area contributed by atoms with E-state index in [2.05, 4.69) is 21.1 Å². The molecule has 0 bridgehead atoms. The molecule has 0 spiro atoms. The summed E-state index contributed by atoms with van der Waals surface area (Å²) < 4.78 is 0. The fraction of sp³-hybridized carbons (Fsp3) is 0.125. The molecule has 5 rings (SSSR count). The molecule has 44 heavy (non-hydrogen) atoms. The van der Waals surface area contributed by atoms with Gasteiger partial charge >= 0.3 is 0 Å². The van der Waals surface area contributed by atoms with Gasteiger partial charge < -0.3 is 0 Å². The van der Waals surface area contributed by atoms with E-state index in [1.54, 1.807) is 12.1 Å². The predicted molar refractivity (Wildman–Crippen MR) is 163 cm³/mol. The summed E-state index contributed by atoms with van der Waals surface area (Å²) in [7, 11) is 0. The maximum atomic E-state index is 13.7. The molecule has 1 saturated carbocycles. The van der Waals surface area contributed by atoms with E-state index in [0.29, 0.717) is 11.1 Å². The number of carbonyl (C=O) groups excluding carboxylic acids is 2. The van der Waals surface area contributed by atoms with Crippen molar-refractivity contribution in [2.75, 3.05) is 0 Å². The lowest BCUT2D eigenvalue weighted by molar-refractivity contribution is -0.385. The third kappa shape index (κ3) is 6.54.